The van der Waals surface area contributed by atoms with Crippen molar-refractivity contribution >= 4 is 11.8 Å². The lowest BCUT2D eigenvalue weighted by Gasteiger charge is -2.27. The maximum Gasteiger partial charge on any atom is 0.263 e. The van der Waals surface area contributed by atoms with Crippen molar-refractivity contribution in [3.63, 3.8) is 0 Å². The number of nitrogens with one attached hydrogen (secondary N) is 1. The highest BCUT2D eigenvalue weighted by Crippen LogP contribution is 2.32. The van der Waals surface area contributed by atoms with Crippen LogP contribution in [0.1, 0.15) is 75.1 Å². The SMILES string of the molecule is CCCCCCCCSc1nc(O)c([C@H]2NCCc3ccccc32)c(=O)n1CC. The monoisotopic (exact) mass is 415 g/mol. The zero-order valence-corrected chi connectivity index (χ0v) is 18.4. The van der Waals surface area contributed by atoms with Gasteiger partial charge in [-0.2, -0.15) is 4.98 Å². The molecule has 158 valence electrons. The molecule has 0 saturated heterocycles. The molecule has 1 aliphatic heterocycles. The fraction of sp³-hybridized carbons (Fsp3) is 0.565. The predicted octanol–water partition coefficient (Wildman–Crippen LogP) is 4.66. The maximum absolute atomic E-state index is 13.3. The van der Waals surface area contributed by atoms with Crippen molar-refractivity contribution in [3.8, 4) is 5.88 Å². The largest absolute Gasteiger partial charge is 0.493 e. The molecule has 29 heavy (non-hydrogen) atoms. The summed E-state index contributed by atoms with van der Waals surface area (Å²) in [6.07, 6.45) is 8.36. The Kier molecular flexibility index (Phi) is 8.19. The first kappa shape index (κ1) is 21.9. The average molecular weight is 416 g/mol. The van der Waals surface area contributed by atoms with Crippen LogP contribution in [0.4, 0.5) is 0 Å². The van der Waals surface area contributed by atoms with E-state index in [0.29, 0.717) is 17.3 Å². The second kappa shape index (κ2) is 10.8. The van der Waals surface area contributed by atoms with Gasteiger partial charge in [-0.1, -0.05) is 75.1 Å². The van der Waals surface area contributed by atoms with Crippen LogP contribution in [-0.2, 0) is 13.0 Å². The quantitative estimate of drug-likeness (QED) is 0.336. The molecule has 5 nitrogen and oxygen atoms in total. The zero-order valence-electron chi connectivity index (χ0n) is 17.6. The molecular formula is C23H33N3O2S. The second-order valence-corrected chi connectivity index (χ2v) is 8.70. The van der Waals surface area contributed by atoms with E-state index in [-0.39, 0.29) is 17.5 Å². The van der Waals surface area contributed by atoms with Gasteiger partial charge in [-0.15, -0.1) is 0 Å². The van der Waals surface area contributed by atoms with Gasteiger partial charge in [0.25, 0.3) is 5.56 Å². The minimum atomic E-state index is -0.310. The fourth-order valence-electron chi connectivity index (χ4n) is 3.99. The third kappa shape index (κ3) is 5.23. The summed E-state index contributed by atoms with van der Waals surface area (Å²) in [6, 6.07) is 7.81. The van der Waals surface area contributed by atoms with Crippen molar-refractivity contribution in [1.82, 2.24) is 14.9 Å². The number of rotatable bonds is 10. The van der Waals surface area contributed by atoms with Crippen LogP contribution in [0.3, 0.4) is 0 Å². The average Bonchev–Trinajstić information content (AvgIpc) is 2.73. The molecule has 0 radical (unpaired) electrons. The van der Waals surface area contributed by atoms with Gasteiger partial charge in [0.2, 0.25) is 5.88 Å². The topological polar surface area (TPSA) is 67.2 Å². The highest BCUT2D eigenvalue weighted by Gasteiger charge is 2.28. The molecular weight excluding hydrogens is 382 g/mol. The van der Waals surface area contributed by atoms with E-state index >= 15 is 0 Å². The molecule has 0 aliphatic carbocycles. The van der Waals surface area contributed by atoms with Gasteiger partial charge in [-0.3, -0.25) is 9.36 Å². The third-order valence-electron chi connectivity index (χ3n) is 5.59. The fourth-order valence-corrected chi connectivity index (χ4v) is 5.04. The van der Waals surface area contributed by atoms with Crippen molar-refractivity contribution in [1.29, 1.82) is 0 Å². The molecule has 0 saturated carbocycles. The van der Waals surface area contributed by atoms with E-state index in [1.54, 1.807) is 16.3 Å². The van der Waals surface area contributed by atoms with Crippen LogP contribution < -0.4 is 10.9 Å². The van der Waals surface area contributed by atoms with Crippen LogP contribution in [0.5, 0.6) is 5.88 Å². The molecule has 2 aromatic rings. The Bertz CT molecular complexity index is 866. The van der Waals surface area contributed by atoms with Crippen LogP contribution >= 0.6 is 11.8 Å². The Labute approximate surface area is 178 Å². The molecule has 3 rings (SSSR count). The lowest BCUT2D eigenvalue weighted by molar-refractivity contribution is 0.410. The van der Waals surface area contributed by atoms with Crippen LogP contribution in [0, 0.1) is 0 Å². The lowest BCUT2D eigenvalue weighted by atomic mass is 9.91. The van der Waals surface area contributed by atoms with Crippen molar-refractivity contribution in [3.05, 3.63) is 51.3 Å². The Morgan fingerprint density at radius 3 is 2.72 bits per heavy atom. The molecule has 2 N–H and O–H groups in total. The Balaban J connectivity index is 1.77. The van der Waals surface area contributed by atoms with Crippen molar-refractivity contribution < 1.29 is 5.11 Å². The van der Waals surface area contributed by atoms with Gasteiger partial charge in [0.15, 0.2) is 5.16 Å². The van der Waals surface area contributed by atoms with Crippen molar-refractivity contribution in [2.24, 2.45) is 0 Å². The van der Waals surface area contributed by atoms with Gasteiger partial charge >= 0.3 is 0 Å². The van der Waals surface area contributed by atoms with Crippen molar-refractivity contribution in [2.45, 2.75) is 76.5 Å². The Hall–Kier alpha value is -1.79. The number of benzene rings is 1. The summed E-state index contributed by atoms with van der Waals surface area (Å²) in [5, 5.41) is 14.7. The van der Waals surface area contributed by atoms with Gasteiger partial charge in [0, 0.05) is 18.8 Å². The third-order valence-corrected chi connectivity index (χ3v) is 6.65. The van der Waals surface area contributed by atoms with E-state index in [2.05, 4.69) is 23.3 Å². The van der Waals surface area contributed by atoms with E-state index in [1.165, 1.54) is 37.7 Å². The van der Waals surface area contributed by atoms with Crippen LogP contribution in [-0.4, -0.2) is 27.0 Å². The summed E-state index contributed by atoms with van der Waals surface area (Å²) in [6.45, 7) is 5.51. The van der Waals surface area contributed by atoms with E-state index in [4.69, 9.17) is 0 Å². The molecule has 0 amide bonds. The summed E-state index contributed by atoms with van der Waals surface area (Å²) in [7, 11) is 0. The number of aromatic nitrogens is 2. The molecule has 0 spiro atoms. The van der Waals surface area contributed by atoms with E-state index in [9.17, 15) is 9.90 Å². The minimum Gasteiger partial charge on any atom is -0.493 e. The van der Waals surface area contributed by atoms with Gasteiger partial charge < -0.3 is 10.4 Å². The predicted molar refractivity (Wildman–Crippen MR) is 120 cm³/mol. The molecule has 0 bridgehead atoms. The first-order valence-electron chi connectivity index (χ1n) is 10.9. The maximum atomic E-state index is 13.3. The van der Waals surface area contributed by atoms with Gasteiger partial charge in [0.1, 0.15) is 5.56 Å². The molecule has 1 aliphatic rings. The minimum absolute atomic E-state index is 0.139. The van der Waals surface area contributed by atoms with E-state index in [0.717, 1.165) is 30.7 Å². The molecule has 6 heteroatoms. The Morgan fingerprint density at radius 2 is 1.93 bits per heavy atom. The Morgan fingerprint density at radius 1 is 1.17 bits per heavy atom. The molecule has 1 aromatic heterocycles. The zero-order chi connectivity index (χ0) is 20.6. The number of thioether (sulfide) groups is 1. The summed E-state index contributed by atoms with van der Waals surface area (Å²) >= 11 is 1.58. The summed E-state index contributed by atoms with van der Waals surface area (Å²) in [5.74, 6) is 0.779. The highest BCUT2D eigenvalue weighted by molar-refractivity contribution is 7.99. The van der Waals surface area contributed by atoms with Gasteiger partial charge in [-0.25, -0.2) is 0 Å². The lowest BCUT2D eigenvalue weighted by Crippen LogP contribution is -2.37. The summed E-state index contributed by atoms with van der Waals surface area (Å²) < 4.78 is 1.70. The van der Waals surface area contributed by atoms with Crippen LogP contribution in [0.15, 0.2) is 34.2 Å². The molecule has 1 aromatic carbocycles. The number of hydrogen-bond acceptors (Lipinski definition) is 5. The van der Waals surface area contributed by atoms with Gasteiger partial charge in [-0.05, 0) is 30.9 Å². The number of fused-ring (bicyclic) bond motifs is 1. The number of hydrogen-bond donors (Lipinski definition) is 2. The van der Waals surface area contributed by atoms with Gasteiger partial charge in [0.05, 0.1) is 6.04 Å². The normalized spacial score (nSPS) is 16.0. The van der Waals surface area contributed by atoms with E-state index in [1.807, 2.05) is 25.1 Å². The first-order chi connectivity index (χ1) is 14.2. The van der Waals surface area contributed by atoms with Crippen molar-refractivity contribution in [2.75, 3.05) is 12.3 Å². The summed E-state index contributed by atoms with van der Waals surface area (Å²) in [4.78, 5) is 17.7. The molecule has 2 heterocycles. The summed E-state index contributed by atoms with van der Waals surface area (Å²) in [5.41, 5.74) is 2.50. The highest BCUT2D eigenvalue weighted by atomic mass is 32.2. The number of aromatic hydroxyl groups is 1. The molecule has 0 fully saturated rings. The van der Waals surface area contributed by atoms with Crippen LogP contribution in [0.2, 0.25) is 0 Å². The number of unbranched alkanes of at least 4 members (excludes halogenated alkanes) is 5. The second-order valence-electron chi connectivity index (χ2n) is 7.63. The number of nitrogens with zero attached hydrogens (tertiary/aromatic N) is 2. The van der Waals surface area contributed by atoms with E-state index < -0.39 is 0 Å². The molecule has 0 unspecified atom stereocenters. The molecule has 1 atom stereocenters. The first-order valence-corrected chi connectivity index (χ1v) is 11.9. The smallest absolute Gasteiger partial charge is 0.263 e. The standard InChI is InChI=1S/C23H33N3O2S/c1-3-5-6-7-8-11-16-29-23-25-21(27)19(22(28)26(23)4-2)20-18-13-10-9-12-17(18)14-15-24-20/h9-10,12-13,20,24,27H,3-8,11,14-16H2,1-2H3/t20-/m0/s1. The van der Waals surface area contributed by atoms with Crippen LogP contribution in [0.25, 0.3) is 0 Å².